The van der Waals surface area contributed by atoms with Crippen LogP contribution in [0.3, 0.4) is 0 Å². The minimum Gasteiger partial charge on any atom is -0.461 e. The van der Waals surface area contributed by atoms with Crippen LogP contribution in [0.4, 0.5) is 0 Å². The lowest BCUT2D eigenvalue weighted by Crippen LogP contribution is -2.00. The number of thiophene rings is 1. The minimum absolute atomic E-state index is 0.245. The quantitative estimate of drug-likeness (QED) is 0.877. The Morgan fingerprint density at radius 1 is 1.30 bits per heavy atom. The van der Waals surface area contributed by atoms with Gasteiger partial charge in [0.25, 0.3) is 0 Å². The number of hydrogen-bond acceptors (Lipinski definition) is 4. The summed E-state index contributed by atoms with van der Waals surface area (Å²) in [4.78, 5) is 11.8. The van der Waals surface area contributed by atoms with E-state index in [0.717, 1.165) is 18.5 Å². The van der Waals surface area contributed by atoms with E-state index in [1.54, 1.807) is 17.4 Å². The maximum Gasteiger partial charge on any atom is 0.302 e. The maximum absolute atomic E-state index is 10.5. The molecule has 0 bridgehead atoms. The molecule has 0 saturated carbocycles. The number of nitrogens with two attached hydrogens (primary N) is 1. The standard InChI is InChI=1S/C9H9ClO2.C6H9NS/c1-7(11)12-6-8-4-2-3-5-9(8)10;7-4-3-6-2-1-5-8-6/h2-5H,6H2,1H3;1-2,5H,3-4,7H2. The Morgan fingerprint density at radius 2 is 2.05 bits per heavy atom. The van der Waals surface area contributed by atoms with E-state index in [1.807, 2.05) is 18.2 Å². The van der Waals surface area contributed by atoms with E-state index in [1.165, 1.54) is 11.8 Å². The van der Waals surface area contributed by atoms with Crippen molar-refractivity contribution in [1.29, 1.82) is 0 Å². The van der Waals surface area contributed by atoms with Gasteiger partial charge in [0.1, 0.15) is 6.61 Å². The summed E-state index contributed by atoms with van der Waals surface area (Å²) < 4.78 is 4.79. The number of halogens is 1. The van der Waals surface area contributed by atoms with Gasteiger partial charge in [-0.1, -0.05) is 35.9 Å². The van der Waals surface area contributed by atoms with E-state index >= 15 is 0 Å². The summed E-state index contributed by atoms with van der Waals surface area (Å²) in [7, 11) is 0. The predicted molar refractivity (Wildman–Crippen MR) is 84.0 cm³/mol. The van der Waals surface area contributed by atoms with Crippen LogP contribution in [0.1, 0.15) is 17.4 Å². The summed E-state index contributed by atoms with van der Waals surface area (Å²) in [6, 6.07) is 11.4. The van der Waals surface area contributed by atoms with E-state index < -0.39 is 0 Å². The predicted octanol–water partition coefficient (Wildman–Crippen LogP) is 3.65. The third-order valence-electron chi connectivity index (χ3n) is 2.36. The van der Waals surface area contributed by atoms with E-state index in [4.69, 9.17) is 22.1 Å². The summed E-state index contributed by atoms with van der Waals surface area (Å²) >= 11 is 7.58. The van der Waals surface area contributed by atoms with Crippen molar-refractivity contribution in [2.45, 2.75) is 20.0 Å². The van der Waals surface area contributed by atoms with Crippen LogP contribution in [0.5, 0.6) is 0 Å². The Kier molecular flexibility index (Phi) is 7.95. The molecule has 5 heteroatoms. The average Bonchev–Trinajstić information content (AvgIpc) is 2.92. The Balaban J connectivity index is 0.000000217. The summed E-state index contributed by atoms with van der Waals surface area (Å²) in [5.74, 6) is -0.296. The van der Waals surface area contributed by atoms with Gasteiger partial charge in [-0.15, -0.1) is 11.3 Å². The van der Waals surface area contributed by atoms with Gasteiger partial charge in [0.2, 0.25) is 0 Å². The lowest BCUT2D eigenvalue weighted by molar-refractivity contribution is -0.142. The van der Waals surface area contributed by atoms with E-state index in [2.05, 4.69) is 17.5 Å². The fourth-order valence-corrected chi connectivity index (χ4v) is 2.31. The van der Waals surface area contributed by atoms with Crippen LogP contribution in [-0.4, -0.2) is 12.5 Å². The van der Waals surface area contributed by atoms with Crippen molar-refractivity contribution in [3.8, 4) is 0 Å². The van der Waals surface area contributed by atoms with Crippen LogP contribution in [0.2, 0.25) is 5.02 Å². The van der Waals surface area contributed by atoms with Crippen molar-refractivity contribution in [2.75, 3.05) is 6.54 Å². The maximum atomic E-state index is 10.5. The molecule has 0 fully saturated rings. The van der Waals surface area contributed by atoms with Crippen LogP contribution in [-0.2, 0) is 22.6 Å². The van der Waals surface area contributed by atoms with Crippen LogP contribution < -0.4 is 5.73 Å². The molecule has 0 atom stereocenters. The normalized spacial score (nSPS) is 9.55. The Morgan fingerprint density at radius 3 is 2.60 bits per heavy atom. The third kappa shape index (κ3) is 6.70. The average molecular weight is 312 g/mol. The Bertz CT molecular complexity index is 514. The van der Waals surface area contributed by atoms with Crippen LogP contribution >= 0.6 is 22.9 Å². The molecule has 3 nitrogen and oxygen atoms in total. The van der Waals surface area contributed by atoms with Crippen molar-refractivity contribution in [3.63, 3.8) is 0 Å². The highest BCUT2D eigenvalue weighted by atomic mass is 35.5. The zero-order valence-electron chi connectivity index (χ0n) is 11.3. The van der Waals surface area contributed by atoms with Gasteiger partial charge in [0.15, 0.2) is 0 Å². The SMILES string of the molecule is CC(=O)OCc1ccccc1Cl.NCCc1cccs1. The molecule has 1 heterocycles. The second-order valence-corrected chi connectivity index (χ2v) is 5.43. The van der Waals surface area contributed by atoms with E-state index in [9.17, 15) is 4.79 Å². The fourth-order valence-electron chi connectivity index (χ4n) is 1.39. The molecule has 2 N–H and O–H groups in total. The summed E-state index contributed by atoms with van der Waals surface area (Å²) in [5, 5.41) is 2.70. The molecular formula is C15H18ClNO2S. The zero-order valence-corrected chi connectivity index (χ0v) is 12.9. The van der Waals surface area contributed by atoms with Gasteiger partial charge < -0.3 is 10.5 Å². The monoisotopic (exact) mass is 311 g/mol. The zero-order chi connectivity index (χ0) is 14.8. The van der Waals surface area contributed by atoms with Gasteiger partial charge in [0, 0.05) is 22.4 Å². The first-order valence-corrected chi connectivity index (χ1v) is 7.48. The molecule has 0 aliphatic heterocycles. The van der Waals surface area contributed by atoms with Crippen LogP contribution in [0.15, 0.2) is 41.8 Å². The van der Waals surface area contributed by atoms with Crippen molar-refractivity contribution in [3.05, 3.63) is 57.2 Å². The van der Waals surface area contributed by atoms with Gasteiger partial charge >= 0.3 is 5.97 Å². The summed E-state index contributed by atoms with van der Waals surface area (Å²) in [6.07, 6.45) is 1.03. The van der Waals surface area contributed by atoms with Crippen LogP contribution in [0.25, 0.3) is 0 Å². The molecule has 0 spiro atoms. The van der Waals surface area contributed by atoms with Gasteiger partial charge in [-0.3, -0.25) is 4.79 Å². The van der Waals surface area contributed by atoms with Gasteiger partial charge in [-0.05, 0) is 30.5 Å². The lowest BCUT2D eigenvalue weighted by Gasteiger charge is -2.02. The first-order valence-electron chi connectivity index (χ1n) is 6.22. The van der Waals surface area contributed by atoms with Gasteiger partial charge in [-0.25, -0.2) is 0 Å². The van der Waals surface area contributed by atoms with Crippen molar-refractivity contribution >= 4 is 28.9 Å². The molecule has 0 aliphatic rings. The molecule has 0 aliphatic carbocycles. The fraction of sp³-hybridized carbons (Fsp3) is 0.267. The molecule has 0 amide bonds. The highest BCUT2D eigenvalue weighted by Gasteiger charge is 1.99. The molecule has 2 rings (SSSR count). The topological polar surface area (TPSA) is 52.3 Å². The van der Waals surface area contributed by atoms with Crippen molar-refractivity contribution in [1.82, 2.24) is 0 Å². The number of rotatable bonds is 4. The Labute approximate surface area is 128 Å². The number of carbonyl (C=O) groups excluding carboxylic acids is 1. The number of esters is 1. The van der Waals surface area contributed by atoms with Crippen molar-refractivity contribution < 1.29 is 9.53 Å². The molecule has 2 aromatic rings. The molecular weight excluding hydrogens is 294 g/mol. The second kappa shape index (κ2) is 9.53. The van der Waals surface area contributed by atoms with E-state index in [0.29, 0.717) is 5.02 Å². The molecule has 1 aromatic carbocycles. The van der Waals surface area contributed by atoms with Gasteiger partial charge in [0.05, 0.1) is 0 Å². The first-order chi connectivity index (χ1) is 9.63. The minimum atomic E-state index is -0.296. The smallest absolute Gasteiger partial charge is 0.302 e. The van der Waals surface area contributed by atoms with Gasteiger partial charge in [-0.2, -0.15) is 0 Å². The third-order valence-corrected chi connectivity index (χ3v) is 3.66. The second-order valence-electron chi connectivity index (χ2n) is 3.99. The molecule has 108 valence electrons. The summed E-state index contributed by atoms with van der Waals surface area (Å²) in [5.41, 5.74) is 6.15. The molecule has 0 radical (unpaired) electrons. The highest BCUT2D eigenvalue weighted by molar-refractivity contribution is 7.09. The molecule has 1 aromatic heterocycles. The number of benzene rings is 1. The number of hydrogen-bond donors (Lipinski definition) is 1. The molecule has 0 unspecified atom stereocenters. The number of carbonyl (C=O) groups is 1. The largest absolute Gasteiger partial charge is 0.461 e. The summed E-state index contributed by atoms with van der Waals surface area (Å²) in [6.45, 7) is 2.38. The Hall–Kier alpha value is -1.36. The van der Waals surface area contributed by atoms with Crippen LogP contribution in [0, 0.1) is 0 Å². The molecule has 20 heavy (non-hydrogen) atoms. The number of ether oxygens (including phenoxy) is 1. The molecule has 0 saturated heterocycles. The highest BCUT2D eigenvalue weighted by Crippen LogP contribution is 2.15. The van der Waals surface area contributed by atoms with Crippen molar-refractivity contribution in [2.24, 2.45) is 5.73 Å². The lowest BCUT2D eigenvalue weighted by atomic mass is 10.2. The van der Waals surface area contributed by atoms with E-state index in [-0.39, 0.29) is 12.6 Å². The first kappa shape index (κ1) is 16.7.